The zero-order valence-electron chi connectivity index (χ0n) is 6.71. The Balaban J connectivity index is 0.000000720. The zero-order valence-corrected chi connectivity index (χ0v) is 9.93. The minimum atomic E-state index is 0. The molecule has 0 bridgehead atoms. The van der Waals surface area contributed by atoms with Crippen LogP contribution in [0.15, 0.2) is 3.92 Å². The molecule has 2 heterocycles. The molecule has 0 N–H and O–H groups in total. The van der Waals surface area contributed by atoms with Gasteiger partial charge in [-0.1, -0.05) is 0 Å². The molecule has 12 heavy (non-hydrogen) atoms. The summed E-state index contributed by atoms with van der Waals surface area (Å²) in [5.74, 6) is 0. The summed E-state index contributed by atoms with van der Waals surface area (Å²) in [6, 6.07) is 0. The van der Waals surface area contributed by atoms with Crippen molar-refractivity contribution in [2.24, 2.45) is 0 Å². The van der Waals surface area contributed by atoms with Gasteiger partial charge in [0.15, 0.2) is 3.92 Å². The largest absolute Gasteiger partial charge is 0.300 e. The van der Waals surface area contributed by atoms with Crippen molar-refractivity contribution < 1.29 is 0 Å². The van der Waals surface area contributed by atoms with E-state index in [0.717, 1.165) is 16.9 Å². The molecule has 1 aromatic rings. The number of hydrogen-bond acceptors (Lipinski definition) is 3. The fourth-order valence-corrected chi connectivity index (χ4v) is 2.88. The van der Waals surface area contributed by atoms with Gasteiger partial charge in [-0.3, -0.25) is 0 Å². The molecule has 0 saturated heterocycles. The highest BCUT2D eigenvalue weighted by Crippen LogP contribution is 2.27. The van der Waals surface area contributed by atoms with Gasteiger partial charge in [0, 0.05) is 18.0 Å². The Labute approximate surface area is 90.5 Å². The van der Waals surface area contributed by atoms with Crippen molar-refractivity contribution >= 4 is 39.7 Å². The van der Waals surface area contributed by atoms with Crippen LogP contribution in [0.25, 0.3) is 0 Å². The van der Waals surface area contributed by atoms with Gasteiger partial charge in [0.25, 0.3) is 0 Å². The topological polar surface area (TPSA) is 16.1 Å². The molecule has 1 aromatic heterocycles. The molecule has 2 rings (SSSR count). The van der Waals surface area contributed by atoms with E-state index in [1.807, 2.05) is 0 Å². The molecule has 0 unspecified atom stereocenters. The van der Waals surface area contributed by atoms with Gasteiger partial charge in [-0.05, 0) is 29.4 Å². The third-order valence-electron chi connectivity index (χ3n) is 1.89. The van der Waals surface area contributed by atoms with Crippen LogP contribution in [0.1, 0.15) is 10.6 Å². The molecular formula is C7H10BrClN2S. The van der Waals surface area contributed by atoms with Crippen LogP contribution < -0.4 is 0 Å². The predicted octanol–water partition coefficient (Wildman–Crippen LogP) is 2.32. The molecule has 0 amide bonds. The van der Waals surface area contributed by atoms with E-state index in [1.165, 1.54) is 17.1 Å². The van der Waals surface area contributed by atoms with Crippen LogP contribution in [0.2, 0.25) is 0 Å². The number of aromatic nitrogens is 1. The first-order valence-electron chi connectivity index (χ1n) is 3.58. The number of nitrogens with zero attached hydrogens (tertiary/aromatic N) is 2. The Hall–Kier alpha value is 0.360. The number of rotatable bonds is 0. The molecule has 0 saturated carbocycles. The number of hydrogen-bond donors (Lipinski definition) is 0. The summed E-state index contributed by atoms with van der Waals surface area (Å²) in [5, 5.41) is 0. The van der Waals surface area contributed by atoms with Gasteiger partial charge in [0.2, 0.25) is 0 Å². The quantitative estimate of drug-likeness (QED) is 0.718. The van der Waals surface area contributed by atoms with E-state index in [-0.39, 0.29) is 12.4 Å². The first-order valence-corrected chi connectivity index (χ1v) is 5.19. The highest BCUT2D eigenvalue weighted by Gasteiger charge is 2.16. The van der Waals surface area contributed by atoms with Crippen LogP contribution >= 0.6 is 39.7 Å². The fraction of sp³-hybridized carbons (Fsp3) is 0.571. The number of fused-ring (bicyclic) bond motifs is 1. The van der Waals surface area contributed by atoms with Crippen molar-refractivity contribution in [1.82, 2.24) is 9.88 Å². The average molecular weight is 270 g/mol. The second-order valence-electron chi connectivity index (χ2n) is 2.82. The summed E-state index contributed by atoms with van der Waals surface area (Å²) >= 11 is 5.17. The molecule has 2 nitrogen and oxygen atoms in total. The molecule has 0 spiro atoms. The van der Waals surface area contributed by atoms with Gasteiger partial charge in [-0.2, -0.15) is 0 Å². The van der Waals surface area contributed by atoms with Gasteiger partial charge in [0.1, 0.15) is 0 Å². The Kier molecular flexibility index (Phi) is 3.52. The second kappa shape index (κ2) is 4.05. The maximum absolute atomic E-state index is 4.40. The van der Waals surface area contributed by atoms with E-state index < -0.39 is 0 Å². The first kappa shape index (κ1) is 10.4. The van der Waals surface area contributed by atoms with E-state index in [1.54, 1.807) is 11.3 Å². The Morgan fingerprint density at radius 1 is 1.58 bits per heavy atom. The van der Waals surface area contributed by atoms with Crippen molar-refractivity contribution in [1.29, 1.82) is 0 Å². The molecular weight excluding hydrogens is 260 g/mol. The summed E-state index contributed by atoms with van der Waals surface area (Å²) in [5.41, 5.74) is 1.26. The van der Waals surface area contributed by atoms with Crippen LogP contribution in [0.3, 0.4) is 0 Å². The highest BCUT2D eigenvalue weighted by molar-refractivity contribution is 9.11. The molecule has 68 valence electrons. The van der Waals surface area contributed by atoms with Crippen molar-refractivity contribution in [2.75, 3.05) is 13.6 Å². The standard InChI is InChI=1S/C7H9BrN2S.ClH/c1-10-3-2-6-5(4-10)9-7(8)11-6;/h2-4H2,1H3;1H. The van der Waals surface area contributed by atoms with E-state index in [0.29, 0.717) is 0 Å². The Morgan fingerprint density at radius 2 is 2.33 bits per heavy atom. The number of likely N-dealkylation sites (N-methyl/N-ethyl adjacent to an activating group) is 1. The predicted molar refractivity (Wildman–Crippen MR) is 57.1 cm³/mol. The lowest BCUT2D eigenvalue weighted by Gasteiger charge is -2.20. The summed E-state index contributed by atoms with van der Waals surface area (Å²) in [6.07, 6.45) is 1.16. The number of thiazole rings is 1. The van der Waals surface area contributed by atoms with Gasteiger partial charge >= 0.3 is 0 Å². The lowest BCUT2D eigenvalue weighted by molar-refractivity contribution is 0.310. The van der Waals surface area contributed by atoms with Crippen molar-refractivity contribution in [2.45, 2.75) is 13.0 Å². The van der Waals surface area contributed by atoms with Gasteiger partial charge < -0.3 is 4.90 Å². The molecule has 0 atom stereocenters. The monoisotopic (exact) mass is 268 g/mol. The van der Waals surface area contributed by atoms with Crippen LogP contribution in [0.5, 0.6) is 0 Å². The molecule has 5 heteroatoms. The third-order valence-corrected chi connectivity index (χ3v) is 3.50. The Morgan fingerprint density at radius 3 is 3.08 bits per heavy atom. The van der Waals surface area contributed by atoms with E-state index in [4.69, 9.17) is 0 Å². The molecule has 0 aromatic carbocycles. The van der Waals surface area contributed by atoms with Gasteiger partial charge in [0.05, 0.1) is 5.69 Å². The van der Waals surface area contributed by atoms with Crippen molar-refractivity contribution in [3.63, 3.8) is 0 Å². The smallest absolute Gasteiger partial charge is 0.159 e. The molecule has 1 aliphatic heterocycles. The van der Waals surface area contributed by atoms with E-state index in [9.17, 15) is 0 Å². The Bertz CT molecular complexity index is 276. The third kappa shape index (κ3) is 1.99. The zero-order chi connectivity index (χ0) is 7.84. The molecule has 0 fully saturated rings. The average Bonchev–Trinajstić information content (AvgIpc) is 2.27. The normalized spacial score (nSPS) is 16.8. The summed E-state index contributed by atoms with van der Waals surface area (Å²) in [7, 11) is 2.14. The first-order chi connectivity index (χ1) is 5.25. The van der Waals surface area contributed by atoms with Crippen LogP contribution in [0.4, 0.5) is 0 Å². The minimum Gasteiger partial charge on any atom is -0.300 e. The SMILES string of the molecule is CN1CCc2sc(Br)nc2C1.Cl. The van der Waals surface area contributed by atoms with Crippen LogP contribution in [-0.2, 0) is 13.0 Å². The number of halogens is 2. The highest BCUT2D eigenvalue weighted by atomic mass is 79.9. The summed E-state index contributed by atoms with van der Waals surface area (Å²) < 4.78 is 1.03. The van der Waals surface area contributed by atoms with Gasteiger partial charge in [-0.15, -0.1) is 23.7 Å². The van der Waals surface area contributed by atoms with Crippen molar-refractivity contribution in [3.05, 3.63) is 14.5 Å². The minimum absolute atomic E-state index is 0. The summed E-state index contributed by atoms with van der Waals surface area (Å²) in [6.45, 7) is 2.18. The lowest BCUT2D eigenvalue weighted by atomic mass is 10.2. The maximum Gasteiger partial charge on any atom is 0.159 e. The molecule has 0 radical (unpaired) electrons. The maximum atomic E-state index is 4.40. The lowest BCUT2D eigenvalue weighted by Crippen LogP contribution is -2.25. The van der Waals surface area contributed by atoms with Crippen molar-refractivity contribution in [3.8, 4) is 0 Å². The van der Waals surface area contributed by atoms with Crippen LogP contribution in [-0.4, -0.2) is 23.5 Å². The van der Waals surface area contributed by atoms with Crippen LogP contribution in [0, 0.1) is 0 Å². The van der Waals surface area contributed by atoms with E-state index in [2.05, 4.69) is 32.9 Å². The van der Waals surface area contributed by atoms with E-state index >= 15 is 0 Å². The summed E-state index contributed by atoms with van der Waals surface area (Å²) in [4.78, 5) is 8.15. The van der Waals surface area contributed by atoms with Gasteiger partial charge in [-0.25, -0.2) is 4.98 Å². The second-order valence-corrected chi connectivity index (χ2v) is 5.18. The molecule has 0 aliphatic carbocycles. The molecule has 1 aliphatic rings. The fourth-order valence-electron chi connectivity index (χ4n) is 1.30.